The third-order valence-corrected chi connectivity index (χ3v) is 4.50. The molecule has 5 heteroatoms. The van der Waals surface area contributed by atoms with Crippen molar-refractivity contribution < 1.29 is 9.53 Å². The Morgan fingerprint density at radius 1 is 0.913 bits per heavy atom. The van der Waals surface area contributed by atoms with Crippen LogP contribution in [0, 0.1) is 0 Å². The summed E-state index contributed by atoms with van der Waals surface area (Å²) in [5, 5.41) is 0. The smallest absolute Gasteiger partial charge is 0.267 e. The highest BCUT2D eigenvalue weighted by Crippen LogP contribution is 2.28. The topological polar surface area (TPSA) is 58.8 Å². The SMILES string of the molecule is NC(=O)/C(=C(/c1ccccc1)N1CCCCC1)N1CCOCC1. The Morgan fingerprint density at radius 2 is 1.57 bits per heavy atom. The van der Waals surface area contributed by atoms with E-state index < -0.39 is 0 Å². The number of carbonyl (C=O) groups is 1. The fourth-order valence-electron chi connectivity index (χ4n) is 3.39. The number of hydrogen-bond donors (Lipinski definition) is 1. The minimum absolute atomic E-state index is 0.351. The lowest BCUT2D eigenvalue weighted by atomic mass is 10.0. The minimum Gasteiger partial charge on any atom is -0.378 e. The molecular weight excluding hydrogens is 290 g/mol. The van der Waals surface area contributed by atoms with Crippen LogP contribution < -0.4 is 5.73 Å². The second-order valence-corrected chi connectivity index (χ2v) is 6.07. The molecule has 2 N–H and O–H groups in total. The van der Waals surface area contributed by atoms with Gasteiger partial charge in [-0.05, 0) is 19.3 Å². The maximum atomic E-state index is 12.3. The number of nitrogens with two attached hydrogens (primary N) is 1. The molecule has 1 aromatic carbocycles. The van der Waals surface area contributed by atoms with E-state index in [2.05, 4.69) is 21.9 Å². The van der Waals surface area contributed by atoms with Gasteiger partial charge in [0.05, 0.1) is 18.9 Å². The lowest BCUT2D eigenvalue weighted by Gasteiger charge is -2.37. The molecule has 2 saturated heterocycles. The van der Waals surface area contributed by atoms with Gasteiger partial charge in [-0.2, -0.15) is 0 Å². The second kappa shape index (κ2) is 7.51. The first-order valence-electron chi connectivity index (χ1n) is 8.44. The van der Waals surface area contributed by atoms with E-state index in [1.165, 1.54) is 6.42 Å². The number of nitrogens with zero attached hydrogens (tertiary/aromatic N) is 2. The van der Waals surface area contributed by atoms with Crippen molar-refractivity contribution in [3.05, 3.63) is 41.6 Å². The summed E-state index contributed by atoms with van der Waals surface area (Å²) < 4.78 is 5.43. The van der Waals surface area contributed by atoms with Crippen molar-refractivity contribution in [2.24, 2.45) is 5.73 Å². The maximum absolute atomic E-state index is 12.3. The van der Waals surface area contributed by atoms with Crippen molar-refractivity contribution in [3.8, 4) is 0 Å². The fourth-order valence-corrected chi connectivity index (χ4v) is 3.39. The van der Waals surface area contributed by atoms with Gasteiger partial charge in [0.2, 0.25) is 0 Å². The highest BCUT2D eigenvalue weighted by molar-refractivity contribution is 5.99. The van der Waals surface area contributed by atoms with Crippen molar-refractivity contribution >= 4 is 11.6 Å². The Labute approximate surface area is 137 Å². The number of morpholine rings is 1. The predicted molar refractivity (Wildman–Crippen MR) is 90.4 cm³/mol. The Hall–Kier alpha value is -2.01. The summed E-state index contributed by atoms with van der Waals surface area (Å²) in [7, 11) is 0. The Morgan fingerprint density at radius 3 is 2.17 bits per heavy atom. The van der Waals surface area contributed by atoms with Gasteiger partial charge in [-0.3, -0.25) is 4.79 Å². The van der Waals surface area contributed by atoms with E-state index in [9.17, 15) is 4.79 Å². The summed E-state index contributed by atoms with van der Waals surface area (Å²) in [5.41, 5.74) is 8.50. The van der Waals surface area contributed by atoms with Crippen LogP contribution in [0.15, 0.2) is 36.0 Å². The van der Waals surface area contributed by atoms with Gasteiger partial charge in [0.15, 0.2) is 0 Å². The molecule has 0 aliphatic carbocycles. The first kappa shape index (κ1) is 15.9. The van der Waals surface area contributed by atoms with Crippen LogP contribution in [0.1, 0.15) is 24.8 Å². The summed E-state index contributed by atoms with van der Waals surface area (Å²) in [6, 6.07) is 10.1. The second-order valence-electron chi connectivity index (χ2n) is 6.07. The monoisotopic (exact) mass is 315 g/mol. The van der Waals surface area contributed by atoms with Crippen LogP contribution in [0.2, 0.25) is 0 Å². The number of carbonyl (C=O) groups excluding carboxylic acids is 1. The van der Waals surface area contributed by atoms with Crippen molar-refractivity contribution in [1.82, 2.24) is 9.80 Å². The summed E-state index contributed by atoms with van der Waals surface area (Å²) in [5.74, 6) is -0.351. The molecule has 1 aromatic rings. The van der Waals surface area contributed by atoms with Crippen LogP contribution >= 0.6 is 0 Å². The minimum atomic E-state index is -0.351. The first-order chi connectivity index (χ1) is 11.3. The van der Waals surface area contributed by atoms with E-state index in [1.54, 1.807) is 0 Å². The Kier molecular flexibility index (Phi) is 5.18. The standard InChI is InChI=1S/C18H25N3O2/c19-18(22)17(21-11-13-23-14-12-21)16(15-7-3-1-4-8-15)20-9-5-2-6-10-20/h1,3-4,7-8H,2,5-6,9-14H2,(H2,19,22)/b17-16+. The molecule has 0 spiro atoms. The van der Waals surface area contributed by atoms with E-state index in [4.69, 9.17) is 10.5 Å². The zero-order valence-corrected chi connectivity index (χ0v) is 13.5. The van der Waals surface area contributed by atoms with Crippen molar-refractivity contribution in [1.29, 1.82) is 0 Å². The van der Waals surface area contributed by atoms with Gasteiger partial charge in [0, 0.05) is 31.7 Å². The molecule has 0 bridgehead atoms. The maximum Gasteiger partial charge on any atom is 0.267 e. The molecule has 0 atom stereocenters. The lowest BCUT2D eigenvalue weighted by Crippen LogP contribution is -2.43. The van der Waals surface area contributed by atoms with Gasteiger partial charge in [0.25, 0.3) is 5.91 Å². The number of primary amides is 1. The number of benzene rings is 1. The Bertz CT molecular complexity index is 559. The van der Waals surface area contributed by atoms with Gasteiger partial charge in [-0.1, -0.05) is 30.3 Å². The van der Waals surface area contributed by atoms with E-state index in [-0.39, 0.29) is 5.91 Å². The fraction of sp³-hybridized carbons (Fsp3) is 0.500. The number of ether oxygens (including phenoxy) is 1. The molecule has 0 saturated carbocycles. The van der Waals surface area contributed by atoms with Crippen LogP contribution in [0.5, 0.6) is 0 Å². The zero-order chi connectivity index (χ0) is 16.1. The highest BCUT2D eigenvalue weighted by Gasteiger charge is 2.27. The van der Waals surface area contributed by atoms with E-state index in [1.807, 2.05) is 18.2 Å². The van der Waals surface area contributed by atoms with Gasteiger partial charge in [-0.15, -0.1) is 0 Å². The molecule has 0 aromatic heterocycles. The normalized spacial score (nSPS) is 20.2. The molecule has 5 nitrogen and oxygen atoms in total. The molecule has 0 radical (unpaired) electrons. The molecule has 1 amide bonds. The van der Waals surface area contributed by atoms with E-state index >= 15 is 0 Å². The van der Waals surface area contributed by atoms with Crippen LogP contribution in [0.3, 0.4) is 0 Å². The number of hydrogen-bond acceptors (Lipinski definition) is 4. The van der Waals surface area contributed by atoms with Crippen LogP contribution in [-0.2, 0) is 9.53 Å². The average molecular weight is 315 g/mol. The van der Waals surface area contributed by atoms with Gasteiger partial charge < -0.3 is 20.3 Å². The zero-order valence-electron chi connectivity index (χ0n) is 13.5. The molecule has 0 unspecified atom stereocenters. The average Bonchev–Trinajstić information content (AvgIpc) is 2.61. The third-order valence-electron chi connectivity index (χ3n) is 4.50. The molecule has 2 fully saturated rings. The summed E-state index contributed by atoms with van der Waals surface area (Å²) in [6.07, 6.45) is 3.57. The van der Waals surface area contributed by atoms with E-state index in [0.717, 1.165) is 37.2 Å². The molecular formula is C18H25N3O2. The Balaban J connectivity index is 2.06. The summed E-state index contributed by atoms with van der Waals surface area (Å²) in [4.78, 5) is 16.7. The molecule has 2 aliphatic heterocycles. The van der Waals surface area contributed by atoms with Gasteiger partial charge in [-0.25, -0.2) is 0 Å². The van der Waals surface area contributed by atoms with Crippen LogP contribution in [0.4, 0.5) is 0 Å². The number of amides is 1. The van der Waals surface area contributed by atoms with Crippen molar-refractivity contribution in [2.75, 3.05) is 39.4 Å². The molecule has 124 valence electrons. The van der Waals surface area contributed by atoms with Crippen LogP contribution in [-0.4, -0.2) is 55.1 Å². The third kappa shape index (κ3) is 3.67. The van der Waals surface area contributed by atoms with Gasteiger partial charge in [0.1, 0.15) is 5.70 Å². The van der Waals surface area contributed by atoms with E-state index in [0.29, 0.717) is 32.0 Å². The molecule has 2 aliphatic rings. The first-order valence-corrected chi connectivity index (χ1v) is 8.44. The number of piperidine rings is 1. The van der Waals surface area contributed by atoms with Gasteiger partial charge >= 0.3 is 0 Å². The summed E-state index contributed by atoms with van der Waals surface area (Å²) in [6.45, 7) is 4.65. The number of rotatable bonds is 4. The quantitative estimate of drug-likeness (QED) is 0.859. The number of likely N-dealkylation sites (tertiary alicyclic amines) is 1. The van der Waals surface area contributed by atoms with Crippen LogP contribution in [0.25, 0.3) is 5.70 Å². The van der Waals surface area contributed by atoms with Crippen molar-refractivity contribution in [3.63, 3.8) is 0 Å². The molecule has 23 heavy (non-hydrogen) atoms. The molecule has 3 rings (SSSR count). The lowest BCUT2D eigenvalue weighted by molar-refractivity contribution is -0.116. The summed E-state index contributed by atoms with van der Waals surface area (Å²) >= 11 is 0. The van der Waals surface area contributed by atoms with Crippen molar-refractivity contribution in [2.45, 2.75) is 19.3 Å². The highest BCUT2D eigenvalue weighted by atomic mass is 16.5. The largest absolute Gasteiger partial charge is 0.378 e. The predicted octanol–water partition coefficient (Wildman–Crippen LogP) is 1.66. The molecule has 2 heterocycles.